The van der Waals surface area contributed by atoms with Gasteiger partial charge in [0.25, 0.3) is 0 Å². The van der Waals surface area contributed by atoms with Crippen molar-refractivity contribution in [2.75, 3.05) is 33.3 Å². The van der Waals surface area contributed by atoms with Gasteiger partial charge in [0.05, 0.1) is 6.20 Å². The lowest BCUT2D eigenvalue weighted by Crippen LogP contribution is -2.36. The van der Waals surface area contributed by atoms with Crippen LogP contribution in [0.15, 0.2) is 17.3 Å². The van der Waals surface area contributed by atoms with E-state index < -0.39 is 10.0 Å². The Kier molecular flexibility index (Phi) is 5.74. The van der Waals surface area contributed by atoms with Crippen molar-refractivity contribution in [1.82, 2.24) is 19.4 Å². The number of aromatic nitrogens is 2. The van der Waals surface area contributed by atoms with Gasteiger partial charge in [-0.1, -0.05) is 0 Å². The van der Waals surface area contributed by atoms with Crippen LogP contribution in [-0.4, -0.2) is 61.5 Å². The second-order valence-corrected chi connectivity index (χ2v) is 7.38. The van der Waals surface area contributed by atoms with E-state index in [1.807, 2.05) is 0 Å². The van der Waals surface area contributed by atoms with E-state index in [4.69, 9.17) is 5.11 Å². The zero-order chi connectivity index (χ0) is 15.3. The minimum Gasteiger partial charge on any atom is -0.396 e. The van der Waals surface area contributed by atoms with Gasteiger partial charge in [0, 0.05) is 25.9 Å². The molecule has 1 aliphatic rings. The lowest BCUT2D eigenvalue weighted by Gasteiger charge is -2.28. The van der Waals surface area contributed by atoms with E-state index in [0.717, 1.165) is 25.9 Å². The molecule has 0 saturated carbocycles. The third kappa shape index (κ3) is 4.77. The molecule has 8 heteroatoms. The maximum Gasteiger partial charge on any atom is 0.243 e. The number of hydrogen-bond donors (Lipinski definition) is 2. The molecule has 0 spiro atoms. The van der Waals surface area contributed by atoms with Gasteiger partial charge in [-0.25, -0.2) is 13.1 Å². The first-order valence-corrected chi connectivity index (χ1v) is 8.81. The molecule has 1 saturated heterocycles. The standard InChI is InChI=1S/C13H24N4O3S/c1-16-6-3-12(4-7-16)9-15-21(19,20)13-10-14-17(11-13)5-2-8-18/h10-12,15,18H,2-9H2,1H3. The summed E-state index contributed by atoms with van der Waals surface area (Å²) in [6.07, 6.45) is 5.47. The van der Waals surface area contributed by atoms with Gasteiger partial charge in [-0.15, -0.1) is 0 Å². The average molecular weight is 316 g/mol. The van der Waals surface area contributed by atoms with Crippen LogP contribution in [0, 0.1) is 5.92 Å². The van der Waals surface area contributed by atoms with Gasteiger partial charge in [-0.05, 0) is 45.3 Å². The van der Waals surface area contributed by atoms with Crippen molar-refractivity contribution in [1.29, 1.82) is 0 Å². The maximum atomic E-state index is 12.2. The second-order valence-electron chi connectivity index (χ2n) is 5.61. The molecule has 1 aliphatic heterocycles. The molecule has 0 amide bonds. The molecule has 120 valence electrons. The summed E-state index contributed by atoms with van der Waals surface area (Å²) in [5.74, 6) is 0.403. The molecular formula is C13H24N4O3S. The van der Waals surface area contributed by atoms with Gasteiger partial charge < -0.3 is 10.0 Å². The summed E-state index contributed by atoms with van der Waals surface area (Å²) in [5.41, 5.74) is 0. The number of likely N-dealkylation sites (tertiary alicyclic amines) is 1. The molecule has 1 aromatic heterocycles. The Labute approximate surface area is 126 Å². The fourth-order valence-electron chi connectivity index (χ4n) is 2.42. The normalized spacial score (nSPS) is 18.2. The molecule has 1 aromatic rings. The Morgan fingerprint density at radius 1 is 1.43 bits per heavy atom. The summed E-state index contributed by atoms with van der Waals surface area (Å²) >= 11 is 0. The summed E-state index contributed by atoms with van der Waals surface area (Å²) in [7, 11) is -1.40. The summed E-state index contributed by atoms with van der Waals surface area (Å²) in [6, 6.07) is 0. The fourth-order valence-corrected chi connectivity index (χ4v) is 3.48. The average Bonchev–Trinajstić information content (AvgIpc) is 2.94. The van der Waals surface area contributed by atoms with Crippen LogP contribution < -0.4 is 4.72 Å². The third-order valence-electron chi connectivity index (χ3n) is 3.87. The predicted molar refractivity (Wildman–Crippen MR) is 79.3 cm³/mol. The lowest BCUT2D eigenvalue weighted by atomic mass is 9.98. The topological polar surface area (TPSA) is 87.5 Å². The summed E-state index contributed by atoms with van der Waals surface area (Å²) in [6.45, 7) is 3.10. The first-order valence-electron chi connectivity index (χ1n) is 7.33. The highest BCUT2D eigenvalue weighted by molar-refractivity contribution is 7.89. The number of nitrogens with zero attached hydrogens (tertiary/aromatic N) is 3. The van der Waals surface area contributed by atoms with Crippen LogP contribution in [0.5, 0.6) is 0 Å². The molecule has 2 rings (SSSR count). The van der Waals surface area contributed by atoms with Crippen LogP contribution in [0.25, 0.3) is 0 Å². The van der Waals surface area contributed by atoms with Gasteiger partial charge in [0.1, 0.15) is 4.90 Å². The Bertz CT molecular complexity index is 535. The van der Waals surface area contributed by atoms with Crippen molar-refractivity contribution in [3.8, 4) is 0 Å². The van der Waals surface area contributed by atoms with E-state index in [1.165, 1.54) is 12.4 Å². The van der Waals surface area contributed by atoms with Crippen LogP contribution in [0.2, 0.25) is 0 Å². The number of aryl methyl sites for hydroxylation is 1. The van der Waals surface area contributed by atoms with Crippen molar-refractivity contribution in [2.45, 2.75) is 30.7 Å². The summed E-state index contributed by atoms with van der Waals surface area (Å²) in [4.78, 5) is 2.45. The first kappa shape index (κ1) is 16.4. The molecular weight excluding hydrogens is 292 g/mol. The predicted octanol–water partition coefficient (Wildman–Crippen LogP) is -0.114. The molecule has 0 bridgehead atoms. The van der Waals surface area contributed by atoms with Crippen LogP contribution in [0.4, 0.5) is 0 Å². The quantitative estimate of drug-likeness (QED) is 0.733. The van der Waals surface area contributed by atoms with Gasteiger partial charge in [0.15, 0.2) is 0 Å². The molecule has 0 aromatic carbocycles. The number of aliphatic hydroxyl groups excluding tert-OH is 1. The van der Waals surface area contributed by atoms with E-state index in [9.17, 15) is 8.42 Å². The van der Waals surface area contributed by atoms with E-state index in [-0.39, 0.29) is 11.5 Å². The largest absolute Gasteiger partial charge is 0.396 e. The zero-order valence-electron chi connectivity index (χ0n) is 12.4. The van der Waals surface area contributed by atoms with Crippen molar-refractivity contribution in [3.63, 3.8) is 0 Å². The molecule has 0 atom stereocenters. The zero-order valence-corrected chi connectivity index (χ0v) is 13.2. The Morgan fingerprint density at radius 2 is 2.14 bits per heavy atom. The molecule has 2 N–H and O–H groups in total. The first-order chi connectivity index (χ1) is 10.0. The van der Waals surface area contributed by atoms with Crippen LogP contribution in [-0.2, 0) is 16.6 Å². The minimum atomic E-state index is -3.49. The van der Waals surface area contributed by atoms with Crippen molar-refractivity contribution in [3.05, 3.63) is 12.4 Å². The number of piperidine rings is 1. The van der Waals surface area contributed by atoms with Crippen molar-refractivity contribution in [2.24, 2.45) is 5.92 Å². The van der Waals surface area contributed by atoms with E-state index in [2.05, 4.69) is 21.8 Å². The summed E-state index contributed by atoms with van der Waals surface area (Å²) in [5, 5.41) is 12.8. The van der Waals surface area contributed by atoms with Crippen molar-refractivity contribution >= 4 is 10.0 Å². The van der Waals surface area contributed by atoms with E-state index >= 15 is 0 Å². The molecule has 7 nitrogen and oxygen atoms in total. The van der Waals surface area contributed by atoms with Crippen molar-refractivity contribution < 1.29 is 13.5 Å². The van der Waals surface area contributed by atoms with E-state index in [1.54, 1.807) is 4.68 Å². The highest BCUT2D eigenvalue weighted by atomic mass is 32.2. The molecule has 21 heavy (non-hydrogen) atoms. The monoisotopic (exact) mass is 316 g/mol. The number of rotatable bonds is 7. The molecule has 2 heterocycles. The Balaban J connectivity index is 1.87. The Hall–Kier alpha value is -0.960. The molecule has 1 fully saturated rings. The van der Waals surface area contributed by atoms with Gasteiger partial charge >= 0.3 is 0 Å². The van der Waals surface area contributed by atoms with Gasteiger partial charge in [-0.3, -0.25) is 4.68 Å². The molecule has 0 radical (unpaired) electrons. The number of nitrogens with one attached hydrogen (secondary N) is 1. The van der Waals surface area contributed by atoms with E-state index in [0.29, 0.717) is 25.4 Å². The fraction of sp³-hybridized carbons (Fsp3) is 0.769. The maximum absolute atomic E-state index is 12.2. The Morgan fingerprint density at radius 3 is 2.81 bits per heavy atom. The highest BCUT2D eigenvalue weighted by Crippen LogP contribution is 2.16. The van der Waals surface area contributed by atoms with Gasteiger partial charge in [0.2, 0.25) is 10.0 Å². The summed E-state index contributed by atoms with van der Waals surface area (Å²) < 4.78 is 28.6. The molecule has 0 unspecified atom stereocenters. The third-order valence-corrected chi connectivity index (χ3v) is 5.24. The van der Waals surface area contributed by atoms with Crippen LogP contribution in [0.1, 0.15) is 19.3 Å². The number of aliphatic hydroxyl groups is 1. The molecule has 0 aliphatic carbocycles. The SMILES string of the molecule is CN1CCC(CNS(=O)(=O)c2cnn(CCCO)c2)CC1. The lowest BCUT2D eigenvalue weighted by molar-refractivity contribution is 0.220. The van der Waals surface area contributed by atoms with Crippen LogP contribution >= 0.6 is 0 Å². The second kappa shape index (κ2) is 7.35. The smallest absolute Gasteiger partial charge is 0.243 e. The number of hydrogen-bond acceptors (Lipinski definition) is 5. The van der Waals surface area contributed by atoms with Gasteiger partial charge in [-0.2, -0.15) is 5.10 Å². The van der Waals surface area contributed by atoms with Crippen LogP contribution in [0.3, 0.4) is 0 Å². The minimum absolute atomic E-state index is 0.0658. The highest BCUT2D eigenvalue weighted by Gasteiger charge is 2.21. The number of sulfonamides is 1.